The van der Waals surface area contributed by atoms with Crippen LogP contribution in [0.5, 0.6) is 0 Å². The lowest BCUT2D eigenvalue weighted by molar-refractivity contribution is 0.525. The average molecular weight is 306 g/mol. The molecule has 0 aliphatic heterocycles. The van der Waals surface area contributed by atoms with E-state index >= 15 is 0 Å². The topological polar surface area (TPSA) is 24.9 Å². The van der Waals surface area contributed by atoms with Crippen LogP contribution in [0.25, 0.3) is 0 Å². The van der Waals surface area contributed by atoms with Crippen molar-refractivity contribution in [2.24, 2.45) is 0 Å². The van der Waals surface area contributed by atoms with Crippen molar-refractivity contribution in [3.8, 4) is 0 Å². The van der Waals surface area contributed by atoms with E-state index in [0.717, 1.165) is 29.2 Å². The molecule has 0 amide bonds. The van der Waals surface area contributed by atoms with Crippen molar-refractivity contribution in [3.63, 3.8) is 0 Å². The molecule has 2 rings (SSSR count). The molecule has 0 aliphatic rings. The molecule has 4 heteroatoms. The summed E-state index contributed by atoms with van der Waals surface area (Å²) in [5, 5.41) is 4.64. The van der Waals surface area contributed by atoms with Gasteiger partial charge in [0.05, 0.1) is 10.7 Å². The molecule has 1 heterocycles. The molecule has 0 saturated carbocycles. The summed E-state index contributed by atoms with van der Waals surface area (Å²) in [6.07, 6.45) is 0.894. The number of thiazole rings is 1. The van der Waals surface area contributed by atoms with Gasteiger partial charge in [-0.05, 0) is 31.5 Å². The van der Waals surface area contributed by atoms with Gasteiger partial charge in [-0.3, -0.25) is 0 Å². The molecule has 21 heavy (non-hydrogen) atoms. The molecular formula is C17H23FN2S. The Labute approximate surface area is 130 Å². The smallest absolute Gasteiger partial charge is 0.123 e. The molecule has 2 nitrogen and oxygen atoms in total. The molecule has 0 fully saturated rings. The fourth-order valence-corrected chi connectivity index (χ4v) is 3.27. The summed E-state index contributed by atoms with van der Waals surface area (Å²) in [7, 11) is 0. The van der Waals surface area contributed by atoms with Crippen molar-refractivity contribution in [3.05, 3.63) is 51.2 Å². The Balaban J connectivity index is 2.16. The molecule has 0 spiro atoms. The number of benzene rings is 1. The van der Waals surface area contributed by atoms with Crippen LogP contribution in [0.4, 0.5) is 4.39 Å². The maximum Gasteiger partial charge on any atom is 0.123 e. The zero-order chi connectivity index (χ0) is 15.4. The Kier molecular flexibility index (Phi) is 5.48. The summed E-state index contributed by atoms with van der Waals surface area (Å²) >= 11 is 1.76. The van der Waals surface area contributed by atoms with Crippen LogP contribution in [-0.4, -0.2) is 17.6 Å². The first-order valence-corrected chi connectivity index (χ1v) is 8.19. The van der Waals surface area contributed by atoms with Crippen LogP contribution in [-0.2, 0) is 6.42 Å². The SMILES string of the molecule is Cc1nc(CC(CNC(C)C)c2ccc(F)cc2)sc1C. The van der Waals surface area contributed by atoms with E-state index in [1.165, 1.54) is 17.0 Å². The van der Waals surface area contributed by atoms with Gasteiger partial charge in [-0.1, -0.05) is 26.0 Å². The Morgan fingerprint density at radius 2 is 1.86 bits per heavy atom. The first kappa shape index (κ1) is 16.1. The minimum Gasteiger partial charge on any atom is -0.314 e. The number of aromatic nitrogens is 1. The lowest BCUT2D eigenvalue weighted by Crippen LogP contribution is -2.29. The minimum atomic E-state index is -0.185. The van der Waals surface area contributed by atoms with Crippen LogP contribution in [0.3, 0.4) is 0 Å². The van der Waals surface area contributed by atoms with Gasteiger partial charge in [0.25, 0.3) is 0 Å². The van der Waals surface area contributed by atoms with Crippen LogP contribution < -0.4 is 5.32 Å². The maximum atomic E-state index is 13.1. The minimum absolute atomic E-state index is 0.185. The highest BCUT2D eigenvalue weighted by Crippen LogP contribution is 2.25. The van der Waals surface area contributed by atoms with Gasteiger partial charge >= 0.3 is 0 Å². The average Bonchev–Trinajstić information content (AvgIpc) is 2.74. The highest BCUT2D eigenvalue weighted by Gasteiger charge is 2.16. The lowest BCUT2D eigenvalue weighted by atomic mass is 9.95. The van der Waals surface area contributed by atoms with Gasteiger partial charge in [-0.2, -0.15) is 0 Å². The van der Waals surface area contributed by atoms with Crippen LogP contribution in [0.1, 0.15) is 40.9 Å². The van der Waals surface area contributed by atoms with E-state index in [1.54, 1.807) is 11.3 Å². The van der Waals surface area contributed by atoms with Gasteiger partial charge in [0.15, 0.2) is 0 Å². The molecule has 1 unspecified atom stereocenters. The van der Waals surface area contributed by atoms with Crippen LogP contribution >= 0.6 is 11.3 Å². The summed E-state index contributed by atoms with van der Waals surface area (Å²) in [6.45, 7) is 9.31. The van der Waals surface area contributed by atoms with E-state index in [4.69, 9.17) is 0 Å². The lowest BCUT2D eigenvalue weighted by Gasteiger charge is -2.19. The molecule has 0 saturated heterocycles. The van der Waals surface area contributed by atoms with E-state index in [1.807, 2.05) is 12.1 Å². The Bertz CT molecular complexity index is 555. The number of nitrogens with one attached hydrogen (secondary N) is 1. The summed E-state index contributed by atoms with van der Waals surface area (Å²) < 4.78 is 13.1. The molecule has 0 aliphatic carbocycles. The third kappa shape index (κ3) is 4.61. The van der Waals surface area contributed by atoms with Crippen molar-refractivity contribution in [2.45, 2.75) is 46.1 Å². The van der Waals surface area contributed by atoms with Gasteiger partial charge in [0.2, 0.25) is 0 Å². The molecule has 1 N–H and O–H groups in total. The van der Waals surface area contributed by atoms with Crippen LogP contribution in [0.2, 0.25) is 0 Å². The van der Waals surface area contributed by atoms with Gasteiger partial charge < -0.3 is 5.32 Å². The van der Waals surface area contributed by atoms with Gasteiger partial charge in [-0.15, -0.1) is 11.3 Å². The van der Waals surface area contributed by atoms with E-state index in [0.29, 0.717) is 12.0 Å². The second-order valence-corrected chi connectivity index (χ2v) is 7.05. The van der Waals surface area contributed by atoms with Gasteiger partial charge in [0, 0.05) is 29.8 Å². The second-order valence-electron chi connectivity index (χ2n) is 5.76. The fourth-order valence-electron chi connectivity index (χ4n) is 2.26. The van der Waals surface area contributed by atoms with Crippen molar-refractivity contribution in [1.29, 1.82) is 0 Å². The Hall–Kier alpha value is -1.26. The summed E-state index contributed by atoms with van der Waals surface area (Å²) in [5.74, 6) is 0.133. The zero-order valence-corrected chi connectivity index (χ0v) is 13.9. The van der Waals surface area contributed by atoms with Crippen molar-refractivity contribution in [1.82, 2.24) is 10.3 Å². The molecule has 2 aromatic rings. The first-order valence-electron chi connectivity index (χ1n) is 7.37. The van der Waals surface area contributed by atoms with Crippen LogP contribution in [0, 0.1) is 19.7 Å². The quantitative estimate of drug-likeness (QED) is 0.864. The molecule has 1 atom stereocenters. The van der Waals surface area contributed by atoms with E-state index in [2.05, 4.69) is 38.0 Å². The first-order chi connectivity index (χ1) is 9.95. The number of hydrogen-bond donors (Lipinski definition) is 1. The fraction of sp³-hybridized carbons (Fsp3) is 0.471. The highest BCUT2D eigenvalue weighted by molar-refractivity contribution is 7.11. The molecule has 1 aromatic carbocycles. The molecule has 0 radical (unpaired) electrons. The number of nitrogens with zero attached hydrogens (tertiary/aromatic N) is 1. The predicted octanol–water partition coefficient (Wildman–Crippen LogP) is 4.22. The predicted molar refractivity (Wildman–Crippen MR) is 87.6 cm³/mol. The number of halogens is 1. The molecule has 114 valence electrons. The van der Waals surface area contributed by atoms with Gasteiger partial charge in [0.1, 0.15) is 5.82 Å². The highest BCUT2D eigenvalue weighted by atomic mass is 32.1. The Morgan fingerprint density at radius 1 is 1.19 bits per heavy atom. The third-order valence-electron chi connectivity index (χ3n) is 3.61. The zero-order valence-electron chi connectivity index (χ0n) is 13.1. The molecular weight excluding hydrogens is 283 g/mol. The molecule has 0 bridgehead atoms. The normalized spacial score (nSPS) is 12.9. The number of rotatable bonds is 6. The largest absolute Gasteiger partial charge is 0.314 e. The standard InChI is InChI=1S/C17H23FN2S/c1-11(2)19-10-15(14-5-7-16(18)8-6-14)9-17-20-12(3)13(4)21-17/h5-8,11,15,19H,9-10H2,1-4H3. The van der Waals surface area contributed by atoms with E-state index in [-0.39, 0.29) is 5.82 Å². The number of hydrogen-bond acceptors (Lipinski definition) is 3. The maximum absolute atomic E-state index is 13.1. The third-order valence-corrected chi connectivity index (χ3v) is 4.70. The van der Waals surface area contributed by atoms with Crippen molar-refractivity contribution in [2.75, 3.05) is 6.54 Å². The Morgan fingerprint density at radius 3 is 2.38 bits per heavy atom. The second kappa shape index (κ2) is 7.14. The number of aryl methyl sites for hydroxylation is 2. The summed E-state index contributed by atoms with van der Waals surface area (Å²) in [6, 6.07) is 7.28. The van der Waals surface area contributed by atoms with E-state index in [9.17, 15) is 4.39 Å². The van der Waals surface area contributed by atoms with E-state index < -0.39 is 0 Å². The summed E-state index contributed by atoms with van der Waals surface area (Å²) in [5.41, 5.74) is 2.28. The van der Waals surface area contributed by atoms with Crippen molar-refractivity contribution < 1.29 is 4.39 Å². The summed E-state index contributed by atoms with van der Waals surface area (Å²) in [4.78, 5) is 5.91. The molecule has 1 aromatic heterocycles. The van der Waals surface area contributed by atoms with Crippen LogP contribution in [0.15, 0.2) is 24.3 Å². The van der Waals surface area contributed by atoms with Crippen molar-refractivity contribution >= 4 is 11.3 Å². The van der Waals surface area contributed by atoms with Gasteiger partial charge in [-0.25, -0.2) is 9.37 Å². The monoisotopic (exact) mass is 306 g/mol.